The third-order valence-corrected chi connectivity index (χ3v) is 5.76. The highest BCUT2D eigenvalue weighted by molar-refractivity contribution is 4.80. The van der Waals surface area contributed by atoms with Crippen LogP contribution in [0, 0.1) is 35.5 Å². The van der Waals surface area contributed by atoms with Crippen LogP contribution in [0.4, 0.5) is 0 Å². The van der Waals surface area contributed by atoms with Crippen LogP contribution in [0.25, 0.3) is 0 Å². The number of unbranched alkanes of at least 4 members (excludes halogenated alkanes) is 1. The van der Waals surface area contributed by atoms with Crippen LogP contribution in [-0.4, -0.2) is 0 Å². The first-order valence-electron chi connectivity index (χ1n) is 11.3. The fourth-order valence-electron chi connectivity index (χ4n) is 4.03. The minimum Gasteiger partial charge on any atom is -0.0683 e. The molecule has 5 unspecified atom stereocenters. The molecule has 0 amide bonds. The summed E-state index contributed by atoms with van der Waals surface area (Å²) in [5.41, 5.74) is 0. The van der Waals surface area contributed by atoms with Crippen LogP contribution in [-0.2, 0) is 0 Å². The Bertz CT molecular complexity index is 218. The minimum atomic E-state index is 0.829. The molecule has 0 aliphatic rings. The second-order valence-electron chi connectivity index (χ2n) is 7.93. The average molecular weight is 343 g/mol. The van der Waals surface area contributed by atoms with E-state index in [-0.39, 0.29) is 0 Å². The second kappa shape index (κ2) is 19.3. The van der Waals surface area contributed by atoms with E-state index in [0.29, 0.717) is 0 Å². The van der Waals surface area contributed by atoms with Gasteiger partial charge in [0.05, 0.1) is 0 Å². The molecule has 24 heavy (non-hydrogen) atoms. The van der Waals surface area contributed by atoms with Crippen LogP contribution in [0.1, 0.15) is 122 Å². The lowest BCUT2D eigenvalue weighted by molar-refractivity contribution is 0.110. The molecule has 0 aromatic carbocycles. The SMILES string of the molecule is CC.CCC.CCCCC(C)C(C)C(C)C(CC)C(CC)C(C)C. The predicted octanol–water partition coefficient (Wildman–Crippen LogP) is 9.24. The van der Waals surface area contributed by atoms with Gasteiger partial charge in [0.25, 0.3) is 0 Å². The lowest BCUT2D eigenvalue weighted by Gasteiger charge is -2.38. The number of hydrogen-bond acceptors (Lipinski definition) is 0. The standard InChI is InChI=1S/C19H40.C3H8.C2H6/c1-9-12-13-15(6)16(7)17(8)19(11-3)18(10-2)14(4)5;1-3-2;1-2/h14-19H,9-13H2,1-8H3;3H2,1-2H3;1-2H3. The van der Waals surface area contributed by atoms with E-state index in [1.54, 1.807) is 0 Å². The summed E-state index contributed by atoms with van der Waals surface area (Å²) in [6.45, 7) is 27.7. The molecule has 0 aromatic heterocycles. The highest BCUT2D eigenvalue weighted by atomic mass is 14.4. The molecule has 5 atom stereocenters. The molecule has 0 nitrogen and oxygen atoms in total. The molecule has 0 rings (SSSR count). The summed E-state index contributed by atoms with van der Waals surface area (Å²) in [6, 6.07) is 0. The Morgan fingerprint density at radius 2 is 1.04 bits per heavy atom. The fraction of sp³-hybridized carbons (Fsp3) is 1.00. The van der Waals surface area contributed by atoms with Crippen molar-refractivity contribution in [2.45, 2.75) is 122 Å². The largest absolute Gasteiger partial charge is 0.0683 e. The first-order valence-corrected chi connectivity index (χ1v) is 11.3. The van der Waals surface area contributed by atoms with E-state index in [4.69, 9.17) is 0 Å². The summed E-state index contributed by atoms with van der Waals surface area (Å²) in [5.74, 6) is 5.25. The summed E-state index contributed by atoms with van der Waals surface area (Å²) < 4.78 is 0. The Labute approximate surface area is 157 Å². The number of hydrogen-bond donors (Lipinski definition) is 0. The molecular weight excluding hydrogens is 288 g/mol. The van der Waals surface area contributed by atoms with Gasteiger partial charge in [-0.3, -0.25) is 0 Å². The van der Waals surface area contributed by atoms with E-state index in [1.165, 1.54) is 38.5 Å². The fourth-order valence-corrected chi connectivity index (χ4v) is 4.03. The molecule has 0 bridgehead atoms. The Morgan fingerprint density at radius 3 is 1.33 bits per heavy atom. The third kappa shape index (κ3) is 12.4. The van der Waals surface area contributed by atoms with Crippen LogP contribution in [0.15, 0.2) is 0 Å². The molecule has 0 saturated heterocycles. The molecule has 150 valence electrons. The van der Waals surface area contributed by atoms with Crippen molar-refractivity contribution in [1.82, 2.24) is 0 Å². The molecule has 0 N–H and O–H groups in total. The smallest absolute Gasteiger partial charge is 0.0358 e. The van der Waals surface area contributed by atoms with Gasteiger partial charge in [0.2, 0.25) is 0 Å². The second-order valence-corrected chi connectivity index (χ2v) is 7.93. The topological polar surface area (TPSA) is 0 Å². The molecule has 0 fully saturated rings. The van der Waals surface area contributed by atoms with E-state index >= 15 is 0 Å². The summed E-state index contributed by atoms with van der Waals surface area (Å²) >= 11 is 0. The van der Waals surface area contributed by atoms with E-state index in [9.17, 15) is 0 Å². The van der Waals surface area contributed by atoms with E-state index in [2.05, 4.69) is 69.2 Å². The monoisotopic (exact) mass is 342 g/mol. The molecule has 0 heterocycles. The van der Waals surface area contributed by atoms with Gasteiger partial charge >= 0.3 is 0 Å². The van der Waals surface area contributed by atoms with Crippen molar-refractivity contribution in [2.24, 2.45) is 35.5 Å². The Morgan fingerprint density at radius 1 is 0.625 bits per heavy atom. The molecule has 0 aromatic rings. The Kier molecular flexibility index (Phi) is 23.2. The van der Waals surface area contributed by atoms with Gasteiger partial charge in [-0.2, -0.15) is 0 Å². The van der Waals surface area contributed by atoms with Gasteiger partial charge in [-0.05, 0) is 35.5 Å². The Hall–Kier alpha value is 0. The van der Waals surface area contributed by atoms with Crippen molar-refractivity contribution < 1.29 is 0 Å². The summed E-state index contributed by atoms with van der Waals surface area (Å²) in [7, 11) is 0. The highest BCUT2D eigenvalue weighted by Gasteiger charge is 2.31. The van der Waals surface area contributed by atoms with Crippen molar-refractivity contribution >= 4 is 0 Å². The van der Waals surface area contributed by atoms with Crippen molar-refractivity contribution in [1.29, 1.82) is 0 Å². The van der Waals surface area contributed by atoms with Crippen molar-refractivity contribution in [2.75, 3.05) is 0 Å². The predicted molar refractivity (Wildman–Crippen MR) is 117 cm³/mol. The van der Waals surface area contributed by atoms with Crippen LogP contribution in [0.5, 0.6) is 0 Å². The zero-order valence-electron chi connectivity index (χ0n) is 19.7. The van der Waals surface area contributed by atoms with Gasteiger partial charge in [0.15, 0.2) is 0 Å². The zero-order valence-corrected chi connectivity index (χ0v) is 19.7. The molecule has 0 aliphatic heterocycles. The van der Waals surface area contributed by atoms with Crippen LogP contribution in [0.3, 0.4) is 0 Å². The molecule has 0 aliphatic carbocycles. The van der Waals surface area contributed by atoms with E-state index < -0.39 is 0 Å². The lowest BCUT2D eigenvalue weighted by Crippen LogP contribution is -2.31. The van der Waals surface area contributed by atoms with Gasteiger partial charge in [-0.15, -0.1) is 0 Å². The summed E-state index contributed by atoms with van der Waals surface area (Å²) in [6.07, 6.45) is 8.10. The van der Waals surface area contributed by atoms with Crippen molar-refractivity contribution in [3.8, 4) is 0 Å². The van der Waals surface area contributed by atoms with Gasteiger partial charge in [0, 0.05) is 0 Å². The third-order valence-electron chi connectivity index (χ3n) is 5.76. The van der Waals surface area contributed by atoms with E-state index in [1.807, 2.05) is 13.8 Å². The highest BCUT2D eigenvalue weighted by Crippen LogP contribution is 2.39. The van der Waals surface area contributed by atoms with Crippen LogP contribution in [0.2, 0.25) is 0 Å². The summed E-state index contributed by atoms with van der Waals surface area (Å²) in [5, 5.41) is 0. The maximum atomic E-state index is 2.52. The summed E-state index contributed by atoms with van der Waals surface area (Å²) in [4.78, 5) is 0. The quantitative estimate of drug-likeness (QED) is 0.371. The van der Waals surface area contributed by atoms with Crippen LogP contribution >= 0.6 is 0 Å². The molecule has 0 radical (unpaired) electrons. The maximum absolute atomic E-state index is 2.52. The first-order chi connectivity index (χ1) is 11.3. The van der Waals surface area contributed by atoms with Gasteiger partial charge in [0.1, 0.15) is 0 Å². The van der Waals surface area contributed by atoms with Gasteiger partial charge < -0.3 is 0 Å². The van der Waals surface area contributed by atoms with Gasteiger partial charge in [-0.25, -0.2) is 0 Å². The molecule has 0 heteroatoms. The Balaban J connectivity index is -0.000000786. The van der Waals surface area contributed by atoms with Crippen LogP contribution < -0.4 is 0 Å². The molecular formula is C24H54. The maximum Gasteiger partial charge on any atom is -0.0358 e. The molecule has 0 spiro atoms. The van der Waals surface area contributed by atoms with Gasteiger partial charge in [-0.1, -0.05) is 122 Å². The lowest BCUT2D eigenvalue weighted by atomic mass is 9.67. The zero-order chi connectivity index (χ0) is 19.7. The van der Waals surface area contributed by atoms with Crippen molar-refractivity contribution in [3.05, 3.63) is 0 Å². The van der Waals surface area contributed by atoms with Crippen molar-refractivity contribution in [3.63, 3.8) is 0 Å². The normalized spacial score (nSPS) is 16.9. The number of rotatable bonds is 10. The average Bonchev–Trinajstić information content (AvgIpc) is 2.58. The first kappa shape index (κ1) is 28.8. The molecule has 0 saturated carbocycles. The minimum absolute atomic E-state index is 0.829. The van der Waals surface area contributed by atoms with E-state index in [0.717, 1.165) is 35.5 Å².